The molecule has 0 radical (unpaired) electrons. The minimum atomic E-state index is 0.308. The summed E-state index contributed by atoms with van der Waals surface area (Å²) in [6.45, 7) is 1.74. The first-order valence-electron chi connectivity index (χ1n) is 5.79. The molecule has 1 aliphatic carbocycles. The molecule has 1 saturated carbocycles. The van der Waals surface area contributed by atoms with Crippen LogP contribution in [-0.2, 0) is 0 Å². The van der Waals surface area contributed by atoms with Gasteiger partial charge in [0.15, 0.2) is 0 Å². The molecule has 4 heteroatoms. The molecule has 1 fully saturated rings. The highest BCUT2D eigenvalue weighted by Gasteiger charge is 2.32. The Hall–Kier alpha value is -0.610. The van der Waals surface area contributed by atoms with E-state index < -0.39 is 0 Å². The summed E-state index contributed by atoms with van der Waals surface area (Å²) < 4.78 is 1.01. The first-order valence-corrected chi connectivity index (χ1v) is 6.59. The summed E-state index contributed by atoms with van der Waals surface area (Å²) in [5.41, 5.74) is 7.32. The predicted molar refractivity (Wildman–Crippen MR) is 70.4 cm³/mol. The number of pyridine rings is 1. The molecule has 1 aliphatic rings. The summed E-state index contributed by atoms with van der Waals surface area (Å²) in [4.78, 5) is 4.05. The number of rotatable bonds is 4. The Morgan fingerprint density at radius 1 is 1.44 bits per heavy atom. The maximum atomic E-state index is 5.91. The first kappa shape index (κ1) is 11.9. The van der Waals surface area contributed by atoms with Gasteiger partial charge in [0.25, 0.3) is 0 Å². The van der Waals surface area contributed by atoms with Crippen molar-refractivity contribution in [1.29, 1.82) is 0 Å². The fourth-order valence-electron chi connectivity index (χ4n) is 2.38. The fourth-order valence-corrected chi connectivity index (χ4v) is 2.77. The largest absolute Gasteiger partial charge is 0.383 e. The van der Waals surface area contributed by atoms with E-state index in [1.807, 2.05) is 12.3 Å². The summed E-state index contributed by atoms with van der Waals surface area (Å²) in [7, 11) is 0. The lowest BCUT2D eigenvalue weighted by Gasteiger charge is -2.28. The lowest BCUT2D eigenvalue weighted by atomic mass is 9.86. The topological polar surface area (TPSA) is 50.9 Å². The van der Waals surface area contributed by atoms with Crippen molar-refractivity contribution in [2.24, 2.45) is 11.1 Å². The number of aromatic nitrogens is 1. The molecule has 88 valence electrons. The van der Waals surface area contributed by atoms with Crippen LogP contribution in [0.1, 0.15) is 25.7 Å². The van der Waals surface area contributed by atoms with E-state index in [9.17, 15) is 0 Å². The molecule has 1 aromatic heterocycles. The molecule has 1 heterocycles. The van der Waals surface area contributed by atoms with Gasteiger partial charge in [0.05, 0.1) is 10.2 Å². The van der Waals surface area contributed by atoms with Crippen LogP contribution in [0.5, 0.6) is 0 Å². The lowest BCUT2D eigenvalue weighted by Crippen LogP contribution is -2.34. The second kappa shape index (κ2) is 5.15. The van der Waals surface area contributed by atoms with E-state index in [1.54, 1.807) is 6.20 Å². The number of halogens is 1. The van der Waals surface area contributed by atoms with Gasteiger partial charge >= 0.3 is 0 Å². The van der Waals surface area contributed by atoms with E-state index >= 15 is 0 Å². The van der Waals surface area contributed by atoms with E-state index in [2.05, 4.69) is 26.2 Å². The normalized spacial score (nSPS) is 18.6. The Labute approximate surface area is 105 Å². The number of nitrogens with two attached hydrogens (primary N) is 1. The average Bonchev–Trinajstić information content (AvgIpc) is 2.78. The average molecular weight is 284 g/mol. The first-order chi connectivity index (χ1) is 7.76. The van der Waals surface area contributed by atoms with Gasteiger partial charge < -0.3 is 11.1 Å². The Bertz CT molecular complexity index is 348. The molecule has 0 aromatic carbocycles. The van der Waals surface area contributed by atoms with Crippen LogP contribution in [0.15, 0.2) is 22.9 Å². The monoisotopic (exact) mass is 283 g/mol. The summed E-state index contributed by atoms with van der Waals surface area (Å²) in [5, 5.41) is 3.48. The molecule has 3 N–H and O–H groups in total. The number of hydrogen-bond acceptors (Lipinski definition) is 3. The minimum absolute atomic E-state index is 0.308. The molecular formula is C12H18BrN3. The Morgan fingerprint density at radius 2 is 2.19 bits per heavy atom. The van der Waals surface area contributed by atoms with Crippen LogP contribution >= 0.6 is 15.9 Å². The third kappa shape index (κ3) is 2.55. The zero-order valence-electron chi connectivity index (χ0n) is 9.38. The molecule has 16 heavy (non-hydrogen) atoms. The number of nitrogens with zero attached hydrogens (tertiary/aromatic N) is 1. The third-order valence-corrected chi connectivity index (χ3v) is 4.16. The Morgan fingerprint density at radius 3 is 2.81 bits per heavy atom. The van der Waals surface area contributed by atoms with Crippen LogP contribution in [-0.4, -0.2) is 18.1 Å². The van der Waals surface area contributed by atoms with E-state index in [0.717, 1.165) is 23.2 Å². The smallest absolute Gasteiger partial charge is 0.0590 e. The van der Waals surface area contributed by atoms with Gasteiger partial charge in [-0.1, -0.05) is 12.8 Å². The predicted octanol–water partition coefficient (Wildman–Crippen LogP) is 2.78. The Kier molecular flexibility index (Phi) is 3.82. The second-order valence-corrected chi connectivity index (χ2v) is 5.47. The zero-order chi connectivity index (χ0) is 11.4. The molecule has 0 saturated heterocycles. The third-order valence-electron chi connectivity index (χ3n) is 3.52. The number of nitrogens with one attached hydrogen (secondary N) is 1. The maximum Gasteiger partial charge on any atom is 0.0590 e. The second-order valence-electron chi connectivity index (χ2n) is 4.62. The van der Waals surface area contributed by atoms with Crippen molar-refractivity contribution in [2.75, 3.05) is 18.4 Å². The highest BCUT2D eigenvalue weighted by Crippen LogP contribution is 2.37. The van der Waals surface area contributed by atoms with Gasteiger partial charge in [0.1, 0.15) is 0 Å². The summed E-state index contributed by atoms with van der Waals surface area (Å²) in [6.07, 6.45) is 8.74. The molecule has 0 atom stereocenters. The molecule has 0 bridgehead atoms. The molecule has 3 nitrogen and oxygen atoms in total. The van der Waals surface area contributed by atoms with E-state index in [4.69, 9.17) is 5.73 Å². The fraction of sp³-hybridized carbons (Fsp3) is 0.583. The van der Waals surface area contributed by atoms with Gasteiger partial charge in [-0.15, -0.1) is 0 Å². The number of hydrogen-bond donors (Lipinski definition) is 2. The van der Waals surface area contributed by atoms with Crippen LogP contribution in [0.3, 0.4) is 0 Å². The van der Waals surface area contributed by atoms with Crippen LogP contribution in [0.4, 0.5) is 5.69 Å². The van der Waals surface area contributed by atoms with Crippen molar-refractivity contribution < 1.29 is 0 Å². The molecule has 0 aliphatic heterocycles. The Balaban J connectivity index is 1.98. The lowest BCUT2D eigenvalue weighted by molar-refractivity contribution is 0.332. The van der Waals surface area contributed by atoms with E-state index in [0.29, 0.717) is 5.41 Å². The van der Waals surface area contributed by atoms with Crippen molar-refractivity contribution in [3.05, 3.63) is 22.9 Å². The van der Waals surface area contributed by atoms with Crippen molar-refractivity contribution in [3.63, 3.8) is 0 Å². The zero-order valence-corrected chi connectivity index (χ0v) is 11.0. The van der Waals surface area contributed by atoms with Gasteiger partial charge in [-0.25, -0.2) is 0 Å². The van der Waals surface area contributed by atoms with E-state index in [1.165, 1.54) is 25.7 Å². The minimum Gasteiger partial charge on any atom is -0.383 e. The summed E-state index contributed by atoms with van der Waals surface area (Å²) in [6, 6.07) is 1.99. The number of anilines is 1. The molecule has 2 rings (SSSR count). The van der Waals surface area contributed by atoms with Gasteiger partial charge in [0.2, 0.25) is 0 Å². The van der Waals surface area contributed by atoms with Gasteiger partial charge in [-0.05, 0) is 46.8 Å². The SMILES string of the molecule is NCC1(CNc2ccncc2Br)CCCC1. The van der Waals surface area contributed by atoms with Crippen molar-refractivity contribution in [1.82, 2.24) is 4.98 Å². The van der Waals surface area contributed by atoms with Gasteiger partial charge in [-0.3, -0.25) is 4.98 Å². The van der Waals surface area contributed by atoms with Gasteiger partial charge in [-0.2, -0.15) is 0 Å². The van der Waals surface area contributed by atoms with Crippen LogP contribution in [0.2, 0.25) is 0 Å². The highest BCUT2D eigenvalue weighted by atomic mass is 79.9. The molecule has 0 amide bonds. The van der Waals surface area contributed by atoms with Crippen molar-refractivity contribution >= 4 is 21.6 Å². The quantitative estimate of drug-likeness (QED) is 0.894. The van der Waals surface area contributed by atoms with Crippen LogP contribution in [0, 0.1) is 5.41 Å². The van der Waals surface area contributed by atoms with Crippen molar-refractivity contribution in [3.8, 4) is 0 Å². The highest BCUT2D eigenvalue weighted by molar-refractivity contribution is 9.10. The van der Waals surface area contributed by atoms with Gasteiger partial charge in [0, 0.05) is 18.9 Å². The molecular weight excluding hydrogens is 266 g/mol. The van der Waals surface area contributed by atoms with Crippen molar-refractivity contribution in [2.45, 2.75) is 25.7 Å². The standard InChI is InChI=1S/C12H18BrN3/c13-10-7-15-6-3-11(10)16-9-12(8-14)4-1-2-5-12/h3,6-7H,1-2,4-5,8-9,14H2,(H,15,16). The maximum absolute atomic E-state index is 5.91. The summed E-state index contributed by atoms with van der Waals surface area (Å²) in [5.74, 6) is 0. The summed E-state index contributed by atoms with van der Waals surface area (Å²) >= 11 is 3.49. The molecule has 0 unspecified atom stereocenters. The molecule has 0 spiro atoms. The van der Waals surface area contributed by atoms with Crippen LogP contribution in [0.25, 0.3) is 0 Å². The van der Waals surface area contributed by atoms with Crippen LogP contribution < -0.4 is 11.1 Å². The molecule has 1 aromatic rings. The van der Waals surface area contributed by atoms with E-state index in [-0.39, 0.29) is 0 Å².